The summed E-state index contributed by atoms with van der Waals surface area (Å²) in [6.07, 6.45) is -3.42. The van der Waals surface area contributed by atoms with Crippen molar-refractivity contribution in [3.05, 3.63) is 53.2 Å². The van der Waals surface area contributed by atoms with Gasteiger partial charge in [-0.2, -0.15) is 23.7 Å². The van der Waals surface area contributed by atoms with E-state index >= 15 is 0 Å². The van der Waals surface area contributed by atoms with E-state index in [9.17, 15) is 13.2 Å². The van der Waals surface area contributed by atoms with E-state index < -0.39 is 17.5 Å². The number of halogens is 3. The highest BCUT2D eigenvalue weighted by Gasteiger charge is 2.35. The lowest BCUT2D eigenvalue weighted by molar-refractivity contribution is -0.138. The van der Waals surface area contributed by atoms with Crippen LogP contribution in [0.15, 0.2) is 36.5 Å². The van der Waals surface area contributed by atoms with Gasteiger partial charge in [0, 0.05) is 12.3 Å². The Hall–Kier alpha value is -3.06. The predicted octanol–water partition coefficient (Wildman–Crippen LogP) is 3.64. The number of hydrogen-bond donors (Lipinski definition) is 0. The van der Waals surface area contributed by atoms with E-state index in [2.05, 4.69) is 4.98 Å². The lowest BCUT2D eigenvalue weighted by atomic mass is 10.1. The normalized spacial score (nSPS) is 10.5. The molecule has 0 aliphatic carbocycles. The average molecular weight is 289 g/mol. The van der Waals surface area contributed by atoms with Crippen molar-refractivity contribution in [1.82, 2.24) is 4.98 Å². The first-order valence-electron chi connectivity index (χ1n) is 5.59. The molecule has 2 aromatic rings. The second-order valence-corrected chi connectivity index (χ2v) is 3.92. The van der Waals surface area contributed by atoms with E-state index in [-0.39, 0.29) is 17.0 Å². The van der Waals surface area contributed by atoms with Crippen LogP contribution in [0.5, 0.6) is 11.6 Å². The van der Waals surface area contributed by atoms with E-state index in [4.69, 9.17) is 15.3 Å². The first-order chi connectivity index (χ1) is 9.94. The molecule has 7 heteroatoms. The van der Waals surface area contributed by atoms with Crippen molar-refractivity contribution in [2.45, 2.75) is 6.18 Å². The minimum atomic E-state index is -4.67. The maximum absolute atomic E-state index is 13.0. The highest BCUT2D eigenvalue weighted by Crippen LogP contribution is 2.38. The summed E-state index contributed by atoms with van der Waals surface area (Å²) in [5, 5.41) is 17.4. The summed E-state index contributed by atoms with van der Waals surface area (Å²) in [6, 6.07) is 9.03. The molecule has 0 saturated carbocycles. The van der Waals surface area contributed by atoms with Crippen molar-refractivity contribution in [2.24, 2.45) is 0 Å². The molecule has 1 aromatic carbocycles. The molecule has 0 atom stereocenters. The second kappa shape index (κ2) is 5.51. The average Bonchev–Trinajstić information content (AvgIpc) is 2.46. The van der Waals surface area contributed by atoms with Gasteiger partial charge >= 0.3 is 6.18 Å². The third-order valence-corrected chi connectivity index (χ3v) is 2.49. The van der Waals surface area contributed by atoms with Crippen molar-refractivity contribution in [2.75, 3.05) is 0 Å². The summed E-state index contributed by atoms with van der Waals surface area (Å²) in [5.74, 6) is -0.617. The van der Waals surface area contributed by atoms with Crippen LogP contribution in [0.25, 0.3) is 0 Å². The Balaban J connectivity index is 2.45. The number of hydrogen-bond acceptors (Lipinski definition) is 4. The summed E-state index contributed by atoms with van der Waals surface area (Å²) in [6.45, 7) is 0. The van der Waals surface area contributed by atoms with Gasteiger partial charge in [0.2, 0.25) is 5.88 Å². The molecule has 0 fully saturated rings. The van der Waals surface area contributed by atoms with Crippen molar-refractivity contribution >= 4 is 0 Å². The van der Waals surface area contributed by atoms with E-state index in [1.165, 1.54) is 24.4 Å². The van der Waals surface area contributed by atoms with Crippen LogP contribution in [-0.2, 0) is 6.18 Å². The van der Waals surface area contributed by atoms with Crippen molar-refractivity contribution in [3.8, 4) is 23.8 Å². The van der Waals surface area contributed by atoms with Crippen molar-refractivity contribution < 1.29 is 17.9 Å². The van der Waals surface area contributed by atoms with Gasteiger partial charge in [-0.05, 0) is 24.3 Å². The molecule has 0 radical (unpaired) electrons. The van der Waals surface area contributed by atoms with Crippen LogP contribution >= 0.6 is 0 Å². The number of pyridine rings is 1. The summed E-state index contributed by atoms with van der Waals surface area (Å²) >= 11 is 0. The van der Waals surface area contributed by atoms with E-state index in [1.807, 2.05) is 6.07 Å². The molecule has 104 valence electrons. The van der Waals surface area contributed by atoms with Crippen LogP contribution in [0.3, 0.4) is 0 Å². The van der Waals surface area contributed by atoms with E-state index in [0.717, 1.165) is 6.07 Å². The van der Waals surface area contributed by atoms with Crippen LogP contribution in [0, 0.1) is 22.7 Å². The molecule has 4 nitrogen and oxygen atoms in total. The standard InChI is InChI=1S/C14H6F3N3O/c15-14(16,17)11-5-9(7-18)1-2-12(11)21-13-6-10(8-19)3-4-20-13/h1-6H. The highest BCUT2D eigenvalue weighted by molar-refractivity contribution is 5.45. The highest BCUT2D eigenvalue weighted by atomic mass is 19.4. The molecule has 0 unspecified atom stereocenters. The zero-order valence-corrected chi connectivity index (χ0v) is 10.3. The minimum absolute atomic E-state index is 0.131. The third-order valence-electron chi connectivity index (χ3n) is 2.49. The number of nitriles is 2. The van der Waals surface area contributed by atoms with Crippen molar-refractivity contribution in [1.29, 1.82) is 10.5 Å². The number of nitrogens with zero attached hydrogens (tertiary/aromatic N) is 3. The van der Waals surface area contributed by atoms with Gasteiger partial charge in [0.1, 0.15) is 5.75 Å². The molecule has 1 heterocycles. The fourth-order valence-corrected chi connectivity index (χ4v) is 1.56. The smallest absolute Gasteiger partial charge is 0.420 e. The number of benzene rings is 1. The monoisotopic (exact) mass is 289 g/mol. The zero-order valence-electron chi connectivity index (χ0n) is 10.3. The van der Waals surface area contributed by atoms with Gasteiger partial charge in [0.15, 0.2) is 0 Å². The molecule has 21 heavy (non-hydrogen) atoms. The van der Waals surface area contributed by atoms with Gasteiger partial charge in [0.05, 0.1) is 28.8 Å². The van der Waals surface area contributed by atoms with Gasteiger partial charge in [0.25, 0.3) is 0 Å². The van der Waals surface area contributed by atoms with Gasteiger partial charge in [-0.15, -0.1) is 0 Å². The number of ether oxygens (including phenoxy) is 1. The molecule has 0 amide bonds. The Morgan fingerprint density at radius 1 is 1.00 bits per heavy atom. The summed E-state index contributed by atoms with van der Waals surface area (Å²) < 4.78 is 43.9. The largest absolute Gasteiger partial charge is 0.438 e. The van der Waals surface area contributed by atoms with Crippen LogP contribution in [0.2, 0.25) is 0 Å². The van der Waals surface area contributed by atoms with Crippen LogP contribution in [0.4, 0.5) is 13.2 Å². The number of aromatic nitrogens is 1. The molecule has 2 rings (SSSR count). The Labute approximate surface area is 117 Å². The Kier molecular flexibility index (Phi) is 3.77. The first kappa shape index (κ1) is 14.4. The van der Waals surface area contributed by atoms with Crippen LogP contribution < -0.4 is 4.74 Å². The predicted molar refractivity (Wildman–Crippen MR) is 65.2 cm³/mol. The molecule has 0 saturated heterocycles. The van der Waals surface area contributed by atoms with Gasteiger partial charge in [-0.1, -0.05) is 0 Å². The van der Waals surface area contributed by atoms with Crippen molar-refractivity contribution in [3.63, 3.8) is 0 Å². The lowest BCUT2D eigenvalue weighted by Gasteiger charge is -2.13. The first-order valence-corrected chi connectivity index (χ1v) is 5.59. The number of alkyl halides is 3. The van der Waals surface area contributed by atoms with Crippen LogP contribution in [-0.4, -0.2) is 4.98 Å². The summed E-state index contributed by atoms with van der Waals surface area (Å²) in [7, 11) is 0. The molecular formula is C14H6F3N3O. The molecule has 0 aliphatic rings. The van der Waals surface area contributed by atoms with Gasteiger partial charge in [-0.3, -0.25) is 0 Å². The second-order valence-electron chi connectivity index (χ2n) is 3.92. The summed E-state index contributed by atoms with van der Waals surface area (Å²) in [4.78, 5) is 3.74. The molecule has 0 spiro atoms. The van der Waals surface area contributed by atoms with E-state index in [1.54, 1.807) is 6.07 Å². The Morgan fingerprint density at radius 3 is 2.29 bits per heavy atom. The lowest BCUT2D eigenvalue weighted by Crippen LogP contribution is -2.08. The van der Waals surface area contributed by atoms with E-state index in [0.29, 0.717) is 6.07 Å². The minimum Gasteiger partial charge on any atom is -0.438 e. The molecule has 1 aromatic heterocycles. The quantitative estimate of drug-likeness (QED) is 0.846. The Bertz CT molecular complexity index is 757. The maximum Gasteiger partial charge on any atom is 0.420 e. The number of rotatable bonds is 2. The zero-order chi connectivity index (χ0) is 15.5. The van der Waals surface area contributed by atoms with Crippen LogP contribution in [0.1, 0.15) is 16.7 Å². The van der Waals surface area contributed by atoms with Gasteiger partial charge < -0.3 is 4.74 Å². The molecule has 0 bridgehead atoms. The topological polar surface area (TPSA) is 69.7 Å². The van der Waals surface area contributed by atoms with Gasteiger partial charge in [-0.25, -0.2) is 4.98 Å². The summed E-state index contributed by atoms with van der Waals surface area (Å²) in [5.41, 5.74) is -0.999. The molecular weight excluding hydrogens is 283 g/mol. The SMILES string of the molecule is N#Cc1ccnc(Oc2ccc(C#N)cc2C(F)(F)F)c1. The molecule has 0 N–H and O–H groups in total. The molecule has 0 aliphatic heterocycles. The maximum atomic E-state index is 13.0. The Morgan fingerprint density at radius 2 is 1.67 bits per heavy atom. The fourth-order valence-electron chi connectivity index (χ4n) is 1.56. The third kappa shape index (κ3) is 3.28. The fraction of sp³-hybridized carbons (Fsp3) is 0.0714.